The van der Waals surface area contributed by atoms with Crippen LogP contribution in [0.1, 0.15) is 32.1 Å². The summed E-state index contributed by atoms with van der Waals surface area (Å²) in [6, 6.07) is -0.0272. The molecule has 0 aromatic carbocycles. The fourth-order valence-electron chi connectivity index (χ4n) is 2.03. The molecular weight excluding hydrogens is 182 g/mol. The molecule has 14 heavy (non-hydrogen) atoms. The molecule has 2 aliphatic rings. The minimum Gasteiger partial charge on any atom is -0.481 e. The van der Waals surface area contributed by atoms with Gasteiger partial charge >= 0.3 is 5.97 Å². The molecule has 1 heterocycles. The van der Waals surface area contributed by atoms with Gasteiger partial charge in [-0.05, 0) is 19.3 Å². The van der Waals surface area contributed by atoms with Crippen LogP contribution in [0.5, 0.6) is 0 Å². The molecule has 1 unspecified atom stereocenters. The van der Waals surface area contributed by atoms with Crippen LogP contribution in [0.2, 0.25) is 0 Å². The lowest BCUT2D eigenvalue weighted by molar-refractivity contribution is -0.150. The second-order valence-electron chi connectivity index (χ2n) is 4.20. The highest BCUT2D eigenvalue weighted by Gasteiger charge is 2.38. The van der Waals surface area contributed by atoms with E-state index >= 15 is 0 Å². The third kappa shape index (κ3) is 1.61. The number of likely N-dealkylation sites (tertiary alicyclic amines) is 1. The van der Waals surface area contributed by atoms with E-state index in [1.807, 2.05) is 0 Å². The Labute approximate surface area is 82.9 Å². The van der Waals surface area contributed by atoms with Crippen molar-refractivity contribution >= 4 is 11.9 Å². The number of carbonyl (C=O) groups is 2. The summed E-state index contributed by atoms with van der Waals surface area (Å²) >= 11 is 0. The van der Waals surface area contributed by atoms with Crippen molar-refractivity contribution in [3.63, 3.8) is 0 Å². The van der Waals surface area contributed by atoms with E-state index < -0.39 is 5.97 Å². The standard InChI is InChI=1S/C10H15NO3/c12-9(13)6-8-4-5-11(8)10(14)7-2-1-3-7/h7-8H,1-6H2,(H,12,13). The molecule has 1 aliphatic heterocycles. The molecule has 0 radical (unpaired) electrons. The molecule has 1 amide bonds. The summed E-state index contributed by atoms with van der Waals surface area (Å²) in [5.41, 5.74) is 0. The Morgan fingerprint density at radius 3 is 2.36 bits per heavy atom. The fraction of sp³-hybridized carbons (Fsp3) is 0.800. The summed E-state index contributed by atoms with van der Waals surface area (Å²) in [6.07, 6.45) is 4.10. The van der Waals surface area contributed by atoms with Crippen LogP contribution in [-0.2, 0) is 9.59 Å². The molecule has 1 N–H and O–H groups in total. The predicted molar refractivity (Wildman–Crippen MR) is 49.7 cm³/mol. The Balaban J connectivity index is 1.85. The van der Waals surface area contributed by atoms with Gasteiger partial charge in [0.2, 0.25) is 5.91 Å². The van der Waals surface area contributed by atoms with E-state index in [4.69, 9.17) is 5.11 Å². The highest BCUT2D eigenvalue weighted by atomic mass is 16.4. The number of carboxylic acids is 1. The SMILES string of the molecule is O=C(O)CC1CCN1C(=O)C1CCC1. The lowest BCUT2D eigenvalue weighted by Crippen LogP contribution is -2.54. The van der Waals surface area contributed by atoms with Gasteiger partial charge < -0.3 is 10.0 Å². The average molecular weight is 197 g/mol. The smallest absolute Gasteiger partial charge is 0.305 e. The van der Waals surface area contributed by atoms with E-state index in [0.717, 1.165) is 32.2 Å². The molecule has 2 rings (SSSR count). The van der Waals surface area contributed by atoms with Gasteiger partial charge in [-0.25, -0.2) is 0 Å². The molecular formula is C10H15NO3. The lowest BCUT2D eigenvalue weighted by atomic mass is 9.82. The number of aliphatic carboxylic acids is 1. The fourth-order valence-corrected chi connectivity index (χ4v) is 2.03. The van der Waals surface area contributed by atoms with Gasteiger partial charge in [0.25, 0.3) is 0 Å². The van der Waals surface area contributed by atoms with Gasteiger partial charge in [0.15, 0.2) is 0 Å². The molecule has 2 fully saturated rings. The van der Waals surface area contributed by atoms with Crippen molar-refractivity contribution in [1.29, 1.82) is 0 Å². The first-order valence-corrected chi connectivity index (χ1v) is 5.21. The quantitative estimate of drug-likeness (QED) is 0.730. The van der Waals surface area contributed by atoms with Crippen LogP contribution >= 0.6 is 0 Å². The molecule has 1 saturated carbocycles. The molecule has 1 atom stereocenters. The number of rotatable bonds is 3. The van der Waals surface area contributed by atoms with Gasteiger partial charge in [0.1, 0.15) is 0 Å². The number of hydrogen-bond donors (Lipinski definition) is 1. The van der Waals surface area contributed by atoms with Crippen molar-refractivity contribution in [1.82, 2.24) is 4.90 Å². The Bertz CT molecular complexity index is 260. The van der Waals surface area contributed by atoms with Crippen LogP contribution in [0, 0.1) is 5.92 Å². The Morgan fingerprint density at radius 2 is 2.00 bits per heavy atom. The van der Waals surface area contributed by atoms with Gasteiger partial charge in [0, 0.05) is 18.5 Å². The van der Waals surface area contributed by atoms with Gasteiger partial charge in [-0.3, -0.25) is 9.59 Å². The molecule has 1 aliphatic carbocycles. The third-order valence-electron chi connectivity index (χ3n) is 3.29. The summed E-state index contributed by atoms with van der Waals surface area (Å²) in [5.74, 6) is -0.415. The van der Waals surface area contributed by atoms with Crippen LogP contribution in [0.3, 0.4) is 0 Å². The molecule has 0 spiro atoms. The van der Waals surface area contributed by atoms with E-state index in [2.05, 4.69) is 0 Å². The average Bonchev–Trinajstić information content (AvgIpc) is 1.94. The van der Waals surface area contributed by atoms with Gasteiger partial charge in [-0.1, -0.05) is 6.42 Å². The minimum absolute atomic E-state index is 0.0272. The molecule has 1 saturated heterocycles. The topological polar surface area (TPSA) is 57.6 Å². The maximum atomic E-state index is 11.7. The number of carbonyl (C=O) groups excluding carboxylic acids is 1. The van der Waals surface area contributed by atoms with Gasteiger partial charge in [-0.15, -0.1) is 0 Å². The number of amides is 1. The van der Waals surface area contributed by atoms with E-state index in [1.54, 1.807) is 4.90 Å². The zero-order chi connectivity index (χ0) is 10.1. The Morgan fingerprint density at radius 1 is 1.29 bits per heavy atom. The number of hydrogen-bond acceptors (Lipinski definition) is 2. The first kappa shape index (κ1) is 9.49. The number of nitrogens with zero attached hydrogens (tertiary/aromatic N) is 1. The first-order chi connectivity index (χ1) is 6.68. The maximum absolute atomic E-state index is 11.7. The predicted octanol–water partition coefficient (Wildman–Crippen LogP) is 0.862. The number of carboxylic acid groups (broad SMARTS) is 1. The van der Waals surface area contributed by atoms with E-state index in [-0.39, 0.29) is 24.3 Å². The van der Waals surface area contributed by atoms with Gasteiger partial charge in [0.05, 0.1) is 6.42 Å². The molecule has 0 bridgehead atoms. The summed E-state index contributed by atoms with van der Waals surface area (Å²) in [7, 11) is 0. The van der Waals surface area contributed by atoms with Crippen LogP contribution in [0.25, 0.3) is 0 Å². The molecule has 0 aromatic heterocycles. The molecule has 4 heteroatoms. The van der Waals surface area contributed by atoms with Crippen LogP contribution < -0.4 is 0 Å². The zero-order valence-corrected chi connectivity index (χ0v) is 8.11. The molecule has 78 valence electrons. The van der Waals surface area contributed by atoms with E-state index in [9.17, 15) is 9.59 Å². The van der Waals surface area contributed by atoms with Crippen molar-refractivity contribution in [3.05, 3.63) is 0 Å². The van der Waals surface area contributed by atoms with Gasteiger partial charge in [-0.2, -0.15) is 0 Å². The molecule has 0 aromatic rings. The summed E-state index contributed by atoms with van der Waals surface area (Å²) in [5, 5.41) is 8.62. The van der Waals surface area contributed by atoms with Crippen molar-refractivity contribution in [2.24, 2.45) is 5.92 Å². The van der Waals surface area contributed by atoms with Crippen LogP contribution in [0.15, 0.2) is 0 Å². The highest BCUT2D eigenvalue weighted by Crippen LogP contribution is 2.32. The van der Waals surface area contributed by atoms with E-state index in [1.165, 1.54) is 0 Å². The largest absolute Gasteiger partial charge is 0.481 e. The Hall–Kier alpha value is -1.06. The van der Waals surface area contributed by atoms with Crippen molar-refractivity contribution in [2.75, 3.05) is 6.54 Å². The summed E-state index contributed by atoms with van der Waals surface area (Å²) in [4.78, 5) is 24.0. The summed E-state index contributed by atoms with van der Waals surface area (Å²) in [6.45, 7) is 0.757. The minimum atomic E-state index is -0.805. The van der Waals surface area contributed by atoms with Crippen molar-refractivity contribution < 1.29 is 14.7 Å². The first-order valence-electron chi connectivity index (χ1n) is 5.21. The second-order valence-corrected chi connectivity index (χ2v) is 4.20. The van der Waals surface area contributed by atoms with Crippen LogP contribution in [0.4, 0.5) is 0 Å². The maximum Gasteiger partial charge on any atom is 0.305 e. The normalized spacial score (nSPS) is 26.6. The van der Waals surface area contributed by atoms with Crippen molar-refractivity contribution in [3.8, 4) is 0 Å². The van der Waals surface area contributed by atoms with E-state index in [0.29, 0.717) is 0 Å². The zero-order valence-electron chi connectivity index (χ0n) is 8.11. The second kappa shape index (κ2) is 3.59. The highest BCUT2D eigenvalue weighted by molar-refractivity contribution is 5.81. The lowest BCUT2D eigenvalue weighted by Gasteiger charge is -2.43. The third-order valence-corrected chi connectivity index (χ3v) is 3.29. The Kier molecular flexibility index (Phi) is 2.44. The molecule has 4 nitrogen and oxygen atoms in total. The van der Waals surface area contributed by atoms with Crippen LogP contribution in [-0.4, -0.2) is 34.5 Å². The van der Waals surface area contributed by atoms with Crippen molar-refractivity contribution in [2.45, 2.75) is 38.1 Å². The monoisotopic (exact) mass is 197 g/mol. The summed E-state index contributed by atoms with van der Waals surface area (Å²) < 4.78 is 0.